The molecule has 0 saturated heterocycles. The minimum absolute atomic E-state index is 0.0182. The third kappa shape index (κ3) is 4.56. The zero-order valence-electron chi connectivity index (χ0n) is 15.6. The van der Waals surface area contributed by atoms with E-state index in [-0.39, 0.29) is 23.4 Å². The molecule has 144 valence electrons. The molecule has 0 spiro atoms. The van der Waals surface area contributed by atoms with Gasteiger partial charge in [0.2, 0.25) is 11.3 Å². The SMILES string of the molecule is CN(CCNC(=O)CNC(=O)c1c[nH]c2ccccc2c1=O)c1ccccc1. The van der Waals surface area contributed by atoms with Crippen molar-refractivity contribution in [1.29, 1.82) is 0 Å². The van der Waals surface area contributed by atoms with Crippen molar-refractivity contribution in [3.05, 3.63) is 76.6 Å². The Bertz CT molecular complexity index is 1030. The number of fused-ring (bicyclic) bond motifs is 1. The number of nitrogens with one attached hydrogen (secondary N) is 3. The normalized spacial score (nSPS) is 10.5. The zero-order valence-corrected chi connectivity index (χ0v) is 15.6. The first-order chi connectivity index (χ1) is 13.6. The molecular formula is C21H22N4O3. The predicted octanol–water partition coefficient (Wildman–Crippen LogP) is 1.51. The summed E-state index contributed by atoms with van der Waals surface area (Å²) in [7, 11) is 1.94. The van der Waals surface area contributed by atoms with Crippen LogP contribution in [0.25, 0.3) is 10.9 Å². The molecule has 3 aromatic rings. The Morgan fingerprint density at radius 1 is 1.00 bits per heavy atom. The molecular weight excluding hydrogens is 356 g/mol. The topological polar surface area (TPSA) is 94.3 Å². The van der Waals surface area contributed by atoms with Crippen molar-refractivity contribution >= 4 is 28.4 Å². The molecule has 0 aliphatic heterocycles. The molecule has 0 aliphatic rings. The van der Waals surface area contributed by atoms with E-state index in [2.05, 4.69) is 15.6 Å². The molecule has 2 aromatic carbocycles. The van der Waals surface area contributed by atoms with E-state index in [4.69, 9.17) is 0 Å². The lowest BCUT2D eigenvalue weighted by atomic mass is 10.1. The molecule has 7 heteroatoms. The highest BCUT2D eigenvalue weighted by Gasteiger charge is 2.13. The van der Waals surface area contributed by atoms with Crippen LogP contribution in [0.2, 0.25) is 0 Å². The third-order valence-electron chi connectivity index (χ3n) is 4.41. The Balaban J connectivity index is 1.49. The van der Waals surface area contributed by atoms with Gasteiger partial charge in [0.25, 0.3) is 5.91 Å². The molecule has 0 radical (unpaired) electrons. The standard InChI is InChI=1S/C21H22N4O3/c1-25(15-7-3-2-4-8-15)12-11-22-19(26)14-24-21(28)17-13-23-18-10-6-5-9-16(18)20(17)27/h2-10,13H,11-12,14H2,1H3,(H,22,26)(H,23,27)(H,24,28). The van der Waals surface area contributed by atoms with Crippen molar-refractivity contribution in [2.24, 2.45) is 0 Å². The van der Waals surface area contributed by atoms with Gasteiger partial charge in [-0.2, -0.15) is 0 Å². The molecule has 0 fully saturated rings. The summed E-state index contributed by atoms with van der Waals surface area (Å²) in [6.45, 7) is 0.880. The maximum atomic E-state index is 12.4. The van der Waals surface area contributed by atoms with E-state index in [1.54, 1.807) is 24.3 Å². The van der Waals surface area contributed by atoms with Gasteiger partial charge in [0.05, 0.1) is 6.54 Å². The van der Waals surface area contributed by atoms with E-state index in [0.717, 1.165) is 5.69 Å². The number of H-pyrrole nitrogens is 1. The van der Waals surface area contributed by atoms with E-state index in [1.807, 2.05) is 42.3 Å². The van der Waals surface area contributed by atoms with Crippen LogP contribution >= 0.6 is 0 Å². The second-order valence-electron chi connectivity index (χ2n) is 6.37. The number of nitrogens with zero attached hydrogens (tertiary/aromatic N) is 1. The van der Waals surface area contributed by atoms with E-state index in [0.29, 0.717) is 24.0 Å². The fourth-order valence-corrected chi connectivity index (χ4v) is 2.83. The van der Waals surface area contributed by atoms with Crippen molar-refractivity contribution in [3.63, 3.8) is 0 Å². The first-order valence-electron chi connectivity index (χ1n) is 8.98. The molecule has 1 aromatic heterocycles. The number of pyridine rings is 1. The molecule has 0 aliphatic carbocycles. The van der Waals surface area contributed by atoms with Crippen LogP contribution < -0.4 is 21.0 Å². The Kier molecular flexibility index (Phi) is 6.06. The molecule has 28 heavy (non-hydrogen) atoms. The second kappa shape index (κ2) is 8.85. The lowest BCUT2D eigenvalue weighted by molar-refractivity contribution is -0.120. The largest absolute Gasteiger partial charge is 0.373 e. The van der Waals surface area contributed by atoms with Crippen molar-refractivity contribution in [3.8, 4) is 0 Å². The monoisotopic (exact) mass is 378 g/mol. The van der Waals surface area contributed by atoms with Crippen molar-refractivity contribution in [2.45, 2.75) is 0 Å². The van der Waals surface area contributed by atoms with Gasteiger partial charge in [-0.25, -0.2) is 0 Å². The van der Waals surface area contributed by atoms with Gasteiger partial charge in [-0.1, -0.05) is 30.3 Å². The van der Waals surface area contributed by atoms with Gasteiger partial charge in [-0.05, 0) is 24.3 Å². The number of amides is 2. The Hall–Kier alpha value is -3.61. The number of para-hydroxylation sites is 2. The number of anilines is 1. The van der Waals surface area contributed by atoms with Crippen molar-refractivity contribution in [1.82, 2.24) is 15.6 Å². The number of aromatic amines is 1. The number of hydrogen-bond donors (Lipinski definition) is 3. The van der Waals surface area contributed by atoms with E-state index < -0.39 is 5.91 Å². The van der Waals surface area contributed by atoms with Gasteiger partial charge < -0.3 is 20.5 Å². The number of benzene rings is 2. The highest BCUT2D eigenvalue weighted by Crippen LogP contribution is 2.09. The molecule has 2 amide bonds. The number of likely N-dealkylation sites (N-methyl/N-ethyl adjacent to an activating group) is 1. The van der Waals surface area contributed by atoms with Gasteiger partial charge in [0.1, 0.15) is 5.56 Å². The highest BCUT2D eigenvalue weighted by molar-refractivity contribution is 5.98. The average Bonchev–Trinajstić information content (AvgIpc) is 2.73. The van der Waals surface area contributed by atoms with E-state index in [9.17, 15) is 14.4 Å². The molecule has 7 nitrogen and oxygen atoms in total. The van der Waals surface area contributed by atoms with Gasteiger partial charge in [0.15, 0.2) is 0 Å². The number of rotatable bonds is 7. The average molecular weight is 378 g/mol. The maximum absolute atomic E-state index is 12.4. The molecule has 0 bridgehead atoms. The summed E-state index contributed by atoms with van der Waals surface area (Å²) in [5.41, 5.74) is 1.33. The number of aromatic nitrogens is 1. The van der Waals surface area contributed by atoms with Gasteiger partial charge in [-0.15, -0.1) is 0 Å². The Morgan fingerprint density at radius 3 is 2.50 bits per heavy atom. The Labute approximate surface area is 162 Å². The minimum atomic E-state index is -0.580. The molecule has 3 rings (SSSR count). The molecule has 0 atom stereocenters. The molecule has 3 N–H and O–H groups in total. The molecule has 0 unspecified atom stereocenters. The maximum Gasteiger partial charge on any atom is 0.257 e. The van der Waals surface area contributed by atoms with Gasteiger partial charge in [0, 0.05) is 42.9 Å². The lowest BCUT2D eigenvalue weighted by Gasteiger charge is -2.19. The van der Waals surface area contributed by atoms with Crippen LogP contribution in [-0.2, 0) is 4.79 Å². The highest BCUT2D eigenvalue weighted by atomic mass is 16.2. The third-order valence-corrected chi connectivity index (χ3v) is 4.41. The number of hydrogen-bond acceptors (Lipinski definition) is 4. The second-order valence-corrected chi connectivity index (χ2v) is 6.37. The summed E-state index contributed by atoms with van der Waals surface area (Å²) in [6.07, 6.45) is 1.37. The van der Waals surface area contributed by atoms with Crippen LogP contribution in [0.3, 0.4) is 0 Å². The number of carbonyl (C=O) groups is 2. The summed E-state index contributed by atoms with van der Waals surface area (Å²) in [5.74, 6) is -0.893. The Morgan fingerprint density at radius 2 is 1.71 bits per heavy atom. The van der Waals surface area contributed by atoms with Crippen LogP contribution in [0, 0.1) is 0 Å². The fourth-order valence-electron chi connectivity index (χ4n) is 2.83. The first-order valence-corrected chi connectivity index (χ1v) is 8.98. The van der Waals surface area contributed by atoms with Gasteiger partial charge in [-0.3, -0.25) is 14.4 Å². The van der Waals surface area contributed by atoms with Crippen LogP contribution in [0.1, 0.15) is 10.4 Å². The zero-order chi connectivity index (χ0) is 19.9. The van der Waals surface area contributed by atoms with Gasteiger partial charge >= 0.3 is 0 Å². The summed E-state index contributed by atoms with van der Waals surface area (Å²) in [6, 6.07) is 16.8. The van der Waals surface area contributed by atoms with E-state index in [1.165, 1.54) is 6.20 Å². The smallest absolute Gasteiger partial charge is 0.257 e. The summed E-state index contributed by atoms with van der Waals surface area (Å²) < 4.78 is 0. The summed E-state index contributed by atoms with van der Waals surface area (Å²) >= 11 is 0. The molecule has 1 heterocycles. The van der Waals surface area contributed by atoms with Crippen LogP contribution in [0.15, 0.2) is 65.6 Å². The summed E-state index contributed by atoms with van der Waals surface area (Å²) in [5, 5.41) is 5.68. The van der Waals surface area contributed by atoms with E-state index >= 15 is 0 Å². The predicted molar refractivity (Wildman–Crippen MR) is 110 cm³/mol. The van der Waals surface area contributed by atoms with Crippen LogP contribution in [-0.4, -0.2) is 43.5 Å². The van der Waals surface area contributed by atoms with Crippen molar-refractivity contribution < 1.29 is 9.59 Å². The minimum Gasteiger partial charge on any atom is -0.373 e. The quantitative estimate of drug-likeness (QED) is 0.581. The van der Waals surface area contributed by atoms with Crippen LogP contribution in [0.4, 0.5) is 5.69 Å². The van der Waals surface area contributed by atoms with Crippen molar-refractivity contribution in [2.75, 3.05) is 31.6 Å². The number of carbonyl (C=O) groups excluding carboxylic acids is 2. The van der Waals surface area contributed by atoms with Crippen LogP contribution in [0.5, 0.6) is 0 Å². The lowest BCUT2D eigenvalue weighted by Crippen LogP contribution is -2.40. The summed E-state index contributed by atoms with van der Waals surface area (Å²) in [4.78, 5) is 41.6. The molecule has 0 saturated carbocycles. The fraction of sp³-hybridized carbons (Fsp3) is 0.190. The first kappa shape index (κ1) is 19.2.